The quantitative estimate of drug-likeness (QED) is 0.0434. The van der Waals surface area contributed by atoms with Crippen LogP contribution in [0.1, 0.15) is 134 Å². The van der Waals surface area contributed by atoms with Gasteiger partial charge in [-0.2, -0.15) is 4.98 Å². The molecule has 2 aliphatic carbocycles. The van der Waals surface area contributed by atoms with Crippen LogP contribution in [0.5, 0.6) is 0 Å². The molecule has 5 unspecified atom stereocenters. The van der Waals surface area contributed by atoms with Crippen LogP contribution in [0.4, 0.5) is 20.3 Å². The summed E-state index contributed by atoms with van der Waals surface area (Å²) in [4.78, 5) is 82.2. The molecular formula is C44H73N7O10. The second-order valence-electron chi connectivity index (χ2n) is 20.9. The lowest BCUT2D eigenvalue weighted by atomic mass is 9.62. The zero-order valence-corrected chi connectivity index (χ0v) is 38.8. The van der Waals surface area contributed by atoms with Crippen molar-refractivity contribution in [3.8, 4) is 0 Å². The van der Waals surface area contributed by atoms with Gasteiger partial charge in [0.25, 0.3) is 11.5 Å². The summed E-state index contributed by atoms with van der Waals surface area (Å²) in [6, 6.07) is 0.492. The summed E-state index contributed by atoms with van der Waals surface area (Å²) in [5.74, 6) is -0.749. The van der Waals surface area contributed by atoms with Crippen molar-refractivity contribution in [1.29, 1.82) is 0 Å². The lowest BCUT2D eigenvalue weighted by molar-refractivity contribution is -0.154. The number of H-pyrrole nitrogens is 1. The number of anilines is 1. The van der Waals surface area contributed by atoms with Crippen molar-refractivity contribution < 1.29 is 42.9 Å². The summed E-state index contributed by atoms with van der Waals surface area (Å²) in [6.07, 6.45) is 2.98. The van der Waals surface area contributed by atoms with Crippen LogP contribution in [0.2, 0.25) is 0 Å². The number of urea groups is 1. The molecule has 17 heteroatoms. The molecule has 0 radical (unpaired) electrons. The Kier molecular flexibility index (Phi) is 16.6. The first kappa shape index (κ1) is 50.7. The highest BCUT2D eigenvalue weighted by Crippen LogP contribution is 2.47. The highest BCUT2D eigenvalue weighted by molar-refractivity contribution is 5.88. The van der Waals surface area contributed by atoms with Crippen LogP contribution in [0.3, 0.4) is 0 Å². The maximum atomic E-state index is 13.7. The van der Waals surface area contributed by atoms with Gasteiger partial charge in [-0.05, 0) is 109 Å². The number of ether oxygens (including phenoxy) is 4. The molecule has 2 fully saturated rings. The molecule has 1 aromatic heterocycles. The number of hydrogen-bond acceptors (Lipinski definition) is 11. The summed E-state index contributed by atoms with van der Waals surface area (Å²) >= 11 is 0. The number of carbonyl (C=O) groups excluding carboxylic acids is 5. The van der Waals surface area contributed by atoms with E-state index in [0.29, 0.717) is 38.0 Å². The molecular weight excluding hydrogens is 787 g/mol. The van der Waals surface area contributed by atoms with Crippen LogP contribution >= 0.6 is 0 Å². The molecule has 1 aromatic rings. The van der Waals surface area contributed by atoms with Crippen LogP contribution in [-0.4, -0.2) is 95.8 Å². The summed E-state index contributed by atoms with van der Waals surface area (Å²) in [5.41, 5.74) is -2.71. The van der Waals surface area contributed by atoms with Gasteiger partial charge in [0.2, 0.25) is 5.95 Å². The van der Waals surface area contributed by atoms with E-state index in [4.69, 9.17) is 18.9 Å². The first-order valence-electron chi connectivity index (χ1n) is 21.2. The number of esters is 1. The lowest BCUT2D eigenvalue weighted by Crippen LogP contribution is -2.55. The number of aromatic amines is 1. The van der Waals surface area contributed by atoms with E-state index < -0.39 is 47.1 Å². The Labute approximate surface area is 361 Å². The molecule has 344 valence electrons. The SMILES string of the molecule is C=C(C)C(=O)OCCOC(=O)NCC1(C)CC(NC(=O)C(C)(C)OC(C)CC(C)(C)OC(=O)NCC2(C)CC(NC(=O)Nc3nc(=O)cc(C)[nH]3)CC(C)(C)C2)CC(C)(C)C1. The molecule has 61 heavy (non-hydrogen) atoms. The molecule has 1 heterocycles. The number of alkyl carbamates (subject to hydrolysis) is 2. The molecule has 3 rings (SSSR count). The summed E-state index contributed by atoms with van der Waals surface area (Å²) < 4.78 is 22.3. The van der Waals surface area contributed by atoms with Crippen LogP contribution in [0.25, 0.3) is 0 Å². The molecule has 6 N–H and O–H groups in total. The van der Waals surface area contributed by atoms with Crippen LogP contribution in [0, 0.1) is 28.6 Å². The molecule has 0 saturated heterocycles. The van der Waals surface area contributed by atoms with Gasteiger partial charge in [-0.15, -0.1) is 0 Å². The summed E-state index contributed by atoms with van der Waals surface area (Å²) in [5, 5.41) is 14.6. The molecule has 0 bridgehead atoms. The average molecular weight is 860 g/mol. The topological polar surface area (TPSA) is 228 Å². The zero-order chi connectivity index (χ0) is 46.2. The van der Waals surface area contributed by atoms with Crippen molar-refractivity contribution in [2.75, 3.05) is 31.6 Å². The molecule has 5 amide bonds. The highest BCUT2D eigenvalue weighted by Gasteiger charge is 2.45. The normalized spacial score (nSPS) is 24.0. The molecule has 2 aliphatic rings. The second kappa shape index (κ2) is 20.0. The average Bonchev–Trinajstić information content (AvgIpc) is 3.05. The smallest absolute Gasteiger partial charge is 0.407 e. The molecule has 17 nitrogen and oxygen atoms in total. The van der Waals surface area contributed by atoms with Gasteiger partial charge in [0.05, 0.1) is 6.10 Å². The van der Waals surface area contributed by atoms with E-state index in [2.05, 4.69) is 84.7 Å². The number of amides is 5. The largest absolute Gasteiger partial charge is 0.459 e. The van der Waals surface area contributed by atoms with E-state index >= 15 is 0 Å². The number of nitrogens with zero attached hydrogens (tertiary/aromatic N) is 1. The Morgan fingerprint density at radius 2 is 1.38 bits per heavy atom. The van der Waals surface area contributed by atoms with Crippen molar-refractivity contribution in [2.45, 2.75) is 164 Å². The first-order valence-corrected chi connectivity index (χ1v) is 21.2. The fourth-order valence-corrected chi connectivity index (χ4v) is 9.70. The predicted octanol–water partition coefficient (Wildman–Crippen LogP) is 6.41. The van der Waals surface area contributed by atoms with E-state index in [9.17, 15) is 28.8 Å². The van der Waals surface area contributed by atoms with E-state index in [1.165, 1.54) is 13.0 Å². The minimum Gasteiger partial charge on any atom is -0.459 e. The van der Waals surface area contributed by atoms with Gasteiger partial charge in [-0.25, -0.2) is 19.2 Å². The number of aromatic nitrogens is 2. The van der Waals surface area contributed by atoms with E-state index in [0.717, 1.165) is 25.7 Å². The number of aryl methyl sites for hydroxylation is 1. The molecule has 2 saturated carbocycles. The maximum Gasteiger partial charge on any atom is 0.407 e. The number of nitrogens with one attached hydrogen (secondary N) is 6. The van der Waals surface area contributed by atoms with Gasteiger partial charge in [0.15, 0.2) is 0 Å². The summed E-state index contributed by atoms with van der Waals surface area (Å²) in [7, 11) is 0. The van der Waals surface area contributed by atoms with Gasteiger partial charge in [-0.1, -0.05) is 48.1 Å². The van der Waals surface area contributed by atoms with Crippen molar-refractivity contribution in [2.24, 2.45) is 21.7 Å². The van der Waals surface area contributed by atoms with E-state index in [-0.39, 0.29) is 64.4 Å². The minimum absolute atomic E-state index is 0.0679. The van der Waals surface area contributed by atoms with Crippen LogP contribution in [0.15, 0.2) is 23.0 Å². The molecule has 0 aromatic carbocycles. The Balaban J connectivity index is 1.49. The van der Waals surface area contributed by atoms with Crippen molar-refractivity contribution >= 4 is 36.0 Å². The fraction of sp³-hybridized carbons (Fsp3) is 0.750. The summed E-state index contributed by atoms with van der Waals surface area (Å²) in [6.45, 7) is 28.8. The van der Waals surface area contributed by atoms with Gasteiger partial charge in [0.1, 0.15) is 24.4 Å². The predicted molar refractivity (Wildman–Crippen MR) is 232 cm³/mol. The second-order valence-corrected chi connectivity index (χ2v) is 20.9. The zero-order valence-electron chi connectivity index (χ0n) is 38.8. The Morgan fingerprint density at radius 1 is 0.852 bits per heavy atom. The van der Waals surface area contributed by atoms with Gasteiger partial charge in [-0.3, -0.25) is 14.9 Å². The number of carbonyl (C=O) groups is 5. The van der Waals surface area contributed by atoms with Crippen molar-refractivity contribution in [1.82, 2.24) is 31.2 Å². The monoisotopic (exact) mass is 860 g/mol. The van der Waals surface area contributed by atoms with Crippen LogP contribution < -0.4 is 32.1 Å². The van der Waals surface area contributed by atoms with Gasteiger partial charge >= 0.3 is 24.2 Å². The van der Waals surface area contributed by atoms with Gasteiger partial charge in [0, 0.05) is 48.9 Å². The lowest BCUT2D eigenvalue weighted by Gasteiger charge is -2.47. The minimum atomic E-state index is -1.21. The van der Waals surface area contributed by atoms with Crippen molar-refractivity contribution in [3.63, 3.8) is 0 Å². The van der Waals surface area contributed by atoms with E-state index in [1.807, 2.05) is 6.92 Å². The highest BCUT2D eigenvalue weighted by atomic mass is 16.6. The Hall–Kier alpha value is -4.67. The molecule has 0 spiro atoms. The van der Waals surface area contributed by atoms with E-state index in [1.54, 1.807) is 34.6 Å². The molecule has 5 atom stereocenters. The van der Waals surface area contributed by atoms with Gasteiger partial charge < -0.3 is 45.2 Å². The Bertz CT molecular complexity index is 1820. The third-order valence-electron chi connectivity index (χ3n) is 11.1. The first-order chi connectivity index (χ1) is 27.9. The fourth-order valence-electron chi connectivity index (χ4n) is 9.70. The number of hydrogen-bond donors (Lipinski definition) is 6. The maximum absolute atomic E-state index is 13.7. The Morgan fingerprint density at radius 3 is 1.92 bits per heavy atom. The van der Waals surface area contributed by atoms with Crippen molar-refractivity contribution in [3.05, 3.63) is 34.3 Å². The van der Waals surface area contributed by atoms with Crippen LogP contribution in [-0.2, 0) is 28.5 Å². The number of rotatable bonds is 17. The standard InChI is InChI=1S/C44H73N7O10/c1-27(2)33(53)58-15-16-59-37(56)45-25-43(13)21-30(19-39(5,6)23-43)48-34(54)42(11,12)60-29(4)18-41(9,10)61-38(57)46-26-44(14)22-31(20-40(7,8)24-44)49-36(55)51-35-47-28(3)17-32(52)50-35/h17,29-31H,1,15-16,18-26H2,2-14H3,(H,45,56)(H,46,57)(H,48,54)(H3,47,49,50,51,52,55). The third-order valence-corrected chi connectivity index (χ3v) is 11.1. The molecule has 0 aliphatic heterocycles. The third kappa shape index (κ3) is 17.3.